The molecule has 0 saturated heterocycles. The smallest absolute Gasteiger partial charge is 0.251 e. The van der Waals surface area contributed by atoms with E-state index in [1.54, 1.807) is 30.2 Å². The van der Waals surface area contributed by atoms with Gasteiger partial charge in [0.25, 0.3) is 5.91 Å². The molecule has 1 aliphatic heterocycles. The van der Waals surface area contributed by atoms with Gasteiger partial charge in [0.1, 0.15) is 5.76 Å². The summed E-state index contributed by atoms with van der Waals surface area (Å²) in [6, 6.07) is 22.7. The van der Waals surface area contributed by atoms with Crippen molar-refractivity contribution in [2.75, 3.05) is 0 Å². The number of hydrogen-bond acceptors (Lipinski definition) is 4. The van der Waals surface area contributed by atoms with Gasteiger partial charge < -0.3 is 9.73 Å². The highest BCUT2D eigenvalue weighted by atomic mass is 35.5. The van der Waals surface area contributed by atoms with E-state index in [4.69, 9.17) is 32.6 Å². The fraction of sp³-hybridized carbons (Fsp3) is 0.111. The van der Waals surface area contributed by atoms with E-state index in [0.717, 1.165) is 32.3 Å². The van der Waals surface area contributed by atoms with Crippen molar-refractivity contribution in [3.8, 4) is 0 Å². The lowest BCUT2D eigenvalue weighted by Gasteiger charge is -2.10. The standard InChI is InChI=1S/C25H16Cl2N2O2S.C2H6/c26-19-9-7-15(12-20(19)27)24-18-5-1-2-6-22(18)32-23-10-8-16(13-21(23)29-24)25(30)28-14-17-4-3-11-31-17;1-2/h1-13H,14H2,(H,28,30);1-2H3. The van der Waals surface area contributed by atoms with Gasteiger partial charge in [-0.05, 0) is 48.5 Å². The zero-order chi connectivity index (χ0) is 24.1. The van der Waals surface area contributed by atoms with Crippen LogP contribution in [0.4, 0.5) is 5.69 Å². The second-order valence-electron chi connectivity index (χ2n) is 7.13. The molecule has 1 amide bonds. The highest BCUT2D eigenvalue weighted by Gasteiger charge is 2.20. The zero-order valence-electron chi connectivity index (χ0n) is 18.6. The van der Waals surface area contributed by atoms with Gasteiger partial charge >= 0.3 is 0 Å². The summed E-state index contributed by atoms with van der Waals surface area (Å²) in [7, 11) is 0. The van der Waals surface area contributed by atoms with Crippen LogP contribution < -0.4 is 5.32 Å². The number of benzene rings is 3. The Balaban J connectivity index is 0.00000133. The molecule has 4 aromatic rings. The number of furan rings is 1. The number of amides is 1. The van der Waals surface area contributed by atoms with Gasteiger partial charge in [-0.15, -0.1) is 0 Å². The topological polar surface area (TPSA) is 54.6 Å². The molecule has 0 unspecified atom stereocenters. The summed E-state index contributed by atoms with van der Waals surface area (Å²) in [6.07, 6.45) is 1.58. The van der Waals surface area contributed by atoms with Crippen molar-refractivity contribution in [3.63, 3.8) is 0 Å². The molecule has 0 aliphatic carbocycles. The number of hydrogen-bond donors (Lipinski definition) is 1. The molecule has 2 heterocycles. The van der Waals surface area contributed by atoms with E-state index in [-0.39, 0.29) is 5.91 Å². The Morgan fingerprint density at radius 1 is 0.941 bits per heavy atom. The number of rotatable bonds is 4. The lowest BCUT2D eigenvalue weighted by atomic mass is 10.0. The van der Waals surface area contributed by atoms with Crippen LogP contribution >= 0.6 is 35.0 Å². The number of halogens is 2. The van der Waals surface area contributed by atoms with Crippen LogP contribution in [0, 0.1) is 0 Å². The Labute approximate surface area is 213 Å². The van der Waals surface area contributed by atoms with E-state index >= 15 is 0 Å². The van der Waals surface area contributed by atoms with E-state index in [9.17, 15) is 4.79 Å². The van der Waals surface area contributed by atoms with Crippen LogP contribution in [0.3, 0.4) is 0 Å². The lowest BCUT2D eigenvalue weighted by molar-refractivity contribution is 0.0948. The van der Waals surface area contributed by atoms with E-state index < -0.39 is 0 Å². The molecule has 172 valence electrons. The van der Waals surface area contributed by atoms with Crippen LogP contribution in [0.5, 0.6) is 0 Å². The summed E-state index contributed by atoms with van der Waals surface area (Å²) in [6.45, 7) is 4.32. The number of carbonyl (C=O) groups excluding carboxylic acids is 1. The van der Waals surface area contributed by atoms with Crippen molar-refractivity contribution in [3.05, 3.63) is 112 Å². The number of nitrogens with zero attached hydrogens (tertiary/aromatic N) is 1. The van der Waals surface area contributed by atoms with Crippen LogP contribution in [0.2, 0.25) is 10.0 Å². The first kappa shape index (κ1) is 24.1. The third-order valence-corrected chi connectivity index (χ3v) is 6.89. The minimum Gasteiger partial charge on any atom is -0.467 e. The highest BCUT2D eigenvalue weighted by molar-refractivity contribution is 7.99. The summed E-state index contributed by atoms with van der Waals surface area (Å²) >= 11 is 14.0. The van der Waals surface area contributed by atoms with Crippen molar-refractivity contribution in [2.24, 2.45) is 4.99 Å². The van der Waals surface area contributed by atoms with E-state index in [0.29, 0.717) is 27.9 Å². The highest BCUT2D eigenvalue weighted by Crippen LogP contribution is 2.42. The van der Waals surface area contributed by atoms with Gasteiger partial charge in [-0.25, -0.2) is 4.99 Å². The number of nitrogens with one attached hydrogen (secondary N) is 1. The Kier molecular flexibility index (Phi) is 7.78. The molecule has 0 spiro atoms. The minimum atomic E-state index is -0.192. The molecule has 34 heavy (non-hydrogen) atoms. The van der Waals surface area contributed by atoms with Gasteiger partial charge in [0.05, 0.1) is 34.3 Å². The van der Waals surface area contributed by atoms with Crippen molar-refractivity contribution in [1.82, 2.24) is 5.32 Å². The first-order valence-electron chi connectivity index (χ1n) is 10.8. The van der Waals surface area contributed by atoms with Gasteiger partial charge in [-0.3, -0.25) is 4.79 Å². The third kappa shape index (κ3) is 5.22. The molecule has 1 aromatic heterocycles. The predicted molar refractivity (Wildman–Crippen MR) is 140 cm³/mol. The monoisotopic (exact) mass is 508 g/mol. The lowest BCUT2D eigenvalue weighted by Crippen LogP contribution is -2.22. The average molecular weight is 509 g/mol. The number of fused-ring (bicyclic) bond motifs is 2. The molecule has 7 heteroatoms. The Morgan fingerprint density at radius 3 is 2.53 bits per heavy atom. The van der Waals surface area contributed by atoms with Crippen LogP contribution in [-0.2, 0) is 6.54 Å². The van der Waals surface area contributed by atoms with E-state index in [1.807, 2.05) is 68.4 Å². The Morgan fingerprint density at radius 2 is 1.76 bits per heavy atom. The van der Waals surface area contributed by atoms with Crippen molar-refractivity contribution >= 4 is 52.3 Å². The SMILES string of the molecule is CC.O=C(NCc1ccco1)c1ccc2c(c1)N=C(c1ccc(Cl)c(Cl)c1)c1ccccc1S2. The van der Waals surface area contributed by atoms with E-state index in [2.05, 4.69) is 11.4 Å². The molecular weight excluding hydrogens is 487 g/mol. The van der Waals surface area contributed by atoms with Gasteiger partial charge in [-0.2, -0.15) is 0 Å². The molecular formula is C27H22Cl2N2O2S. The largest absolute Gasteiger partial charge is 0.467 e. The molecule has 1 aliphatic rings. The molecule has 1 N–H and O–H groups in total. The van der Waals surface area contributed by atoms with Crippen molar-refractivity contribution < 1.29 is 9.21 Å². The summed E-state index contributed by atoms with van der Waals surface area (Å²) in [5.74, 6) is 0.501. The van der Waals surface area contributed by atoms with Crippen LogP contribution in [-0.4, -0.2) is 11.6 Å². The Bertz CT molecular complexity index is 1350. The second kappa shape index (κ2) is 11.0. The van der Waals surface area contributed by atoms with Gasteiger partial charge in [0, 0.05) is 26.5 Å². The number of carbonyl (C=O) groups is 1. The van der Waals surface area contributed by atoms with Gasteiger partial charge in [0.15, 0.2) is 0 Å². The average Bonchev–Trinajstić information content (AvgIpc) is 3.33. The maximum Gasteiger partial charge on any atom is 0.251 e. The molecule has 5 rings (SSSR count). The van der Waals surface area contributed by atoms with Crippen LogP contribution in [0.1, 0.15) is 41.1 Å². The van der Waals surface area contributed by atoms with Crippen LogP contribution in [0.25, 0.3) is 0 Å². The van der Waals surface area contributed by atoms with Gasteiger partial charge in [-0.1, -0.05) is 73.1 Å². The van der Waals surface area contributed by atoms with Crippen molar-refractivity contribution in [1.29, 1.82) is 0 Å². The molecule has 0 saturated carbocycles. The maximum atomic E-state index is 12.7. The molecule has 4 nitrogen and oxygen atoms in total. The molecule has 0 bridgehead atoms. The summed E-state index contributed by atoms with van der Waals surface area (Å²) in [5.41, 5.74) is 3.87. The first-order chi connectivity index (χ1) is 16.6. The summed E-state index contributed by atoms with van der Waals surface area (Å²) in [5, 5.41) is 3.83. The summed E-state index contributed by atoms with van der Waals surface area (Å²) in [4.78, 5) is 19.7. The predicted octanol–water partition coefficient (Wildman–Crippen LogP) is 8.18. The van der Waals surface area contributed by atoms with Crippen molar-refractivity contribution in [2.45, 2.75) is 30.2 Å². The molecule has 0 atom stereocenters. The third-order valence-electron chi connectivity index (χ3n) is 5.01. The molecule has 0 radical (unpaired) electrons. The van der Waals surface area contributed by atoms with Gasteiger partial charge in [0.2, 0.25) is 0 Å². The molecule has 3 aromatic carbocycles. The van der Waals surface area contributed by atoms with Crippen LogP contribution in [0.15, 0.2) is 98.3 Å². The Hall–Kier alpha value is -2.99. The first-order valence-corrected chi connectivity index (χ1v) is 12.4. The fourth-order valence-electron chi connectivity index (χ4n) is 3.43. The minimum absolute atomic E-state index is 0.192. The summed E-state index contributed by atoms with van der Waals surface area (Å²) < 4.78 is 5.28. The second-order valence-corrected chi connectivity index (χ2v) is 9.03. The normalized spacial score (nSPS) is 11.8. The number of aliphatic imine (C=N–C) groups is 1. The fourth-order valence-corrected chi connectivity index (χ4v) is 4.73. The zero-order valence-corrected chi connectivity index (χ0v) is 21.0. The van der Waals surface area contributed by atoms with E-state index in [1.165, 1.54) is 0 Å². The molecule has 0 fully saturated rings. The maximum absolute atomic E-state index is 12.7. The quantitative estimate of drug-likeness (QED) is 0.266.